The van der Waals surface area contributed by atoms with Crippen molar-refractivity contribution >= 4 is 16.8 Å². The number of benzene rings is 2. The van der Waals surface area contributed by atoms with Crippen LogP contribution in [0.15, 0.2) is 47.0 Å². The summed E-state index contributed by atoms with van der Waals surface area (Å²) in [7, 11) is 0. The molecule has 0 N–H and O–H groups in total. The third kappa shape index (κ3) is 4.53. The highest BCUT2D eigenvalue weighted by Gasteiger charge is 2.34. The Kier molecular flexibility index (Phi) is 6.18. The Hall–Kier alpha value is -2.57. The zero-order valence-electron chi connectivity index (χ0n) is 20.3. The number of aromatic nitrogens is 1. The topological polar surface area (TPSA) is 45.0 Å². The van der Waals surface area contributed by atoms with Crippen molar-refractivity contribution in [2.45, 2.75) is 45.2 Å². The van der Waals surface area contributed by atoms with Crippen LogP contribution in [0, 0.1) is 12.8 Å². The van der Waals surface area contributed by atoms with E-state index >= 15 is 0 Å². The molecule has 6 nitrogen and oxygen atoms in total. The van der Waals surface area contributed by atoms with Crippen LogP contribution in [0.3, 0.4) is 0 Å². The van der Waals surface area contributed by atoms with Crippen molar-refractivity contribution in [2.24, 2.45) is 5.92 Å². The number of hydrogen-bond acceptors (Lipinski definition) is 6. The standard InChI is InChI=1S/C28H36N4O2/c1-21-8-9-22(17-30-12-4-5-13-30)16-27(21)33-20-23-10-11-24-19-32(15-14-31(24)18-23)28-25-6-2-3-7-26(25)34-29-28/h2-3,6-9,16,23-24H,4-5,10-15,17-20H2,1H3/t23-,24-/m0/s1. The van der Waals surface area contributed by atoms with Crippen LogP contribution in [0.25, 0.3) is 11.0 Å². The van der Waals surface area contributed by atoms with Crippen molar-refractivity contribution in [1.82, 2.24) is 15.0 Å². The van der Waals surface area contributed by atoms with E-state index in [-0.39, 0.29) is 0 Å². The van der Waals surface area contributed by atoms with Gasteiger partial charge in [-0.1, -0.05) is 29.4 Å². The maximum Gasteiger partial charge on any atom is 0.180 e. The second kappa shape index (κ2) is 9.59. The molecule has 34 heavy (non-hydrogen) atoms. The zero-order valence-corrected chi connectivity index (χ0v) is 20.3. The molecule has 6 heteroatoms. The fraction of sp³-hybridized carbons (Fsp3) is 0.536. The van der Waals surface area contributed by atoms with Crippen molar-refractivity contribution in [3.8, 4) is 5.75 Å². The Morgan fingerprint density at radius 1 is 1.00 bits per heavy atom. The van der Waals surface area contributed by atoms with Gasteiger partial charge in [-0.05, 0) is 75.0 Å². The van der Waals surface area contributed by atoms with Crippen molar-refractivity contribution in [1.29, 1.82) is 0 Å². The van der Waals surface area contributed by atoms with Crippen LogP contribution < -0.4 is 9.64 Å². The summed E-state index contributed by atoms with van der Waals surface area (Å²) < 4.78 is 12.0. The first-order chi connectivity index (χ1) is 16.7. The van der Waals surface area contributed by atoms with Crippen molar-refractivity contribution in [3.05, 3.63) is 53.6 Å². The summed E-state index contributed by atoms with van der Waals surface area (Å²) in [5.74, 6) is 2.67. The number of piperazine rings is 1. The monoisotopic (exact) mass is 460 g/mol. The second-order valence-corrected chi connectivity index (χ2v) is 10.4. The van der Waals surface area contributed by atoms with Gasteiger partial charge in [-0.2, -0.15) is 0 Å². The molecule has 0 aliphatic carbocycles. The molecule has 1 aromatic heterocycles. The van der Waals surface area contributed by atoms with Gasteiger partial charge in [0.05, 0.1) is 12.0 Å². The molecule has 3 saturated heterocycles. The fourth-order valence-electron chi connectivity index (χ4n) is 5.99. The fourth-order valence-corrected chi connectivity index (χ4v) is 5.99. The normalized spacial score (nSPS) is 24.0. The smallest absolute Gasteiger partial charge is 0.180 e. The predicted octanol–water partition coefficient (Wildman–Crippen LogP) is 4.71. The van der Waals surface area contributed by atoms with Gasteiger partial charge in [0.2, 0.25) is 0 Å². The highest BCUT2D eigenvalue weighted by Crippen LogP contribution is 2.32. The lowest BCUT2D eigenvalue weighted by molar-refractivity contribution is 0.0725. The minimum absolute atomic E-state index is 0.589. The number of rotatable bonds is 6. The quantitative estimate of drug-likeness (QED) is 0.531. The van der Waals surface area contributed by atoms with E-state index in [1.807, 2.05) is 12.1 Å². The number of aryl methyl sites for hydroxylation is 1. The first-order valence-corrected chi connectivity index (χ1v) is 13.0. The average molecular weight is 461 g/mol. The average Bonchev–Trinajstić information content (AvgIpc) is 3.54. The van der Waals surface area contributed by atoms with Gasteiger partial charge in [0.1, 0.15) is 5.75 Å². The lowest BCUT2D eigenvalue weighted by atomic mass is 9.91. The molecule has 3 aromatic rings. The molecule has 0 radical (unpaired) electrons. The number of para-hydroxylation sites is 1. The Morgan fingerprint density at radius 3 is 2.79 bits per heavy atom. The number of hydrogen-bond donors (Lipinski definition) is 0. The molecule has 4 heterocycles. The van der Waals surface area contributed by atoms with Gasteiger partial charge in [-0.15, -0.1) is 0 Å². The van der Waals surface area contributed by atoms with E-state index < -0.39 is 0 Å². The SMILES string of the molecule is Cc1ccc(CN2CCCC2)cc1OC[C@H]1CC[C@H]2CN(c3noc4ccccc34)CCN2C1. The molecule has 6 rings (SSSR count). The van der Waals surface area contributed by atoms with Crippen LogP contribution in [0.1, 0.15) is 36.8 Å². The summed E-state index contributed by atoms with van der Waals surface area (Å²) in [5, 5.41) is 5.52. The van der Waals surface area contributed by atoms with Crippen molar-refractivity contribution in [2.75, 3.05) is 50.8 Å². The first kappa shape index (κ1) is 21.9. The number of piperidine rings is 1. The van der Waals surface area contributed by atoms with Gasteiger partial charge in [0, 0.05) is 44.7 Å². The van der Waals surface area contributed by atoms with Gasteiger partial charge in [0.15, 0.2) is 11.4 Å². The third-order valence-electron chi connectivity index (χ3n) is 8.00. The second-order valence-electron chi connectivity index (χ2n) is 10.4. The van der Waals surface area contributed by atoms with Crippen LogP contribution in [0.2, 0.25) is 0 Å². The Bertz CT molecular complexity index is 1120. The maximum absolute atomic E-state index is 6.41. The van der Waals surface area contributed by atoms with E-state index in [1.54, 1.807) is 0 Å². The first-order valence-electron chi connectivity index (χ1n) is 13.0. The lowest BCUT2D eigenvalue weighted by Gasteiger charge is -2.46. The van der Waals surface area contributed by atoms with E-state index in [9.17, 15) is 0 Å². The van der Waals surface area contributed by atoms with Crippen molar-refractivity contribution < 1.29 is 9.26 Å². The third-order valence-corrected chi connectivity index (χ3v) is 8.00. The lowest BCUT2D eigenvalue weighted by Crippen LogP contribution is -2.57. The van der Waals surface area contributed by atoms with Crippen LogP contribution in [-0.4, -0.2) is 66.9 Å². The number of likely N-dealkylation sites (tertiary alicyclic amines) is 1. The van der Waals surface area contributed by atoms with E-state index in [1.165, 1.54) is 49.9 Å². The molecular weight excluding hydrogens is 424 g/mol. The van der Waals surface area contributed by atoms with Crippen LogP contribution in [0.5, 0.6) is 5.75 Å². The number of anilines is 1. The van der Waals surface area contributed by atoms with Crippen LogP contribution in [0.4, 0.5) is 5.82 Å². The molecular formula is C28H36N4O2. The number of ether oxygens (including phenoxy) is 1. The minimum Gasteiger partial charge on any atom is -0.493 e. The maximum atomic E-state index is 6.41. The van der Waals surface area contributed by atoms with Gasteiger partial charge >= 0.3 is 0 Å². The Balaban J connectivity index is 1.04. The molecule has 0 unspecified atom stereocenters. The summed E-state index contributed by atoms with van der Waals surface area (Å²) in [6, 6.07) is 15.5. The van der Waals surface area contributed by atoms with E-state index in [0.717, 1.165) is 61.9 Å². The molecule has 0 amide bonds. The Labute approximate surface area is 202 Å². The van der Waals surface area contributed by atoms with Crippen LogP contribution in [-0.2, 0) is 6.54 Å². The highest BCUT2D eigenvalue weighted by atomic mass is 16.5. The summed E-state index contributed by atoms with van der Waals surface area (Å²) in [6.07, 6.45) is 5.11. The predicted molar refractivity (Wildman–Crippen MR) is 135 cm³/mol. The zero-order chi connectivity index (χ0) is 22.9. The van der Waals surface area contributed by atoms with Gasteiger partial charge < -0.3 is 14.2 Å². The molecule has 0 spiro atoms. The number of nitrogens with zero attached hydrogens (tertiary/aromatic N) is 4. The molecule has 0 saturated carbocycles. The Morgan fingerprint density at radius 2 is 1.88 bits per heavy atom. The molecule has 2 aromatic carbocycles. The summed E-state index contributed by atoms with van der Waals surface area (Å²) in [4.78, 5) is 7.64. The van der Waals surface area contributed by atoms with E-state index in [2.05, 4.69) is 57.1 Å². The number of fused-ring (bicyclic) bond motifs is 2. The van der Waals surface area contributed by atoms with Gasteiger partial charge in [0.25, 0.3) is 0 Å². The summed E-state index contributed by atoms with van der Waals surface area (Å²) >= 11 is 0. The largest absolute Gasteiger partial charge is 0.493 e. The summed E-state index contributed by atoms with van der Waals surface area (Å²) in [5.41, 5.74) is 3.50. The van der Waals surface area contributed by atoms with E-state index in [4.69, 9.17) is 9.26 Å². The molecule has 3 fully saturated rings. The van der Waals surface area contributed by atoms with Crippen LogP contribution >= 0.6 is 0 Å². The molecule has 3 aliphatic heterocycles. The molecule has 3 aliphatic rings. The van der Waals surface area contributed by atoms with E-state index in [0.29, 0.717) is 12.0 Å². The molecule has 2 atom stereocenters. The highest BCUT2D eigenvalue weighted by molar-refractivity contribution is 5.88. The molecule has 180 valence electrons. The minimum atomic E-state index is 0.589. The van der Waals surface area contributed by atoms with Gasteiger partial charge in [-0.25, -0.2) is 0 Å². The summed E-state index contributed by atoms with van der Waals surface area (Å²) in [6.45, 7) is 10.7. The van der Waals surface area contributed by atoms with Gasteiger partial charge in [-0.3, -0.25) is 9.80 Å². The van der Waals surface area contributed by atoms with Crippen molar-refractivity contribution in [3.63, 3.8) is 0 Å². The molecule has 0 bridgehead atoms.